The molecular formula is C11H10F6O. The predicted molar refractivity (Wildman–Crippen MR) is 51.9 cm³/mol. The van der Waals surface area contributed by atoms with Gasteiger partial charge in [-0.25, -0.2) is 0 Å². The Hall–Kier alpha value is -1.24. The van der Waals surface area contributed by atoms with Gasteiger partial charge in [0, 0.05) is 5.56 Å². The summed E-state index contributed by atoms with van der Waals surface area (Å²) in [5.74, 6) is 0. The Bertz CT molecular complexity index is 432. The minimum atomic E-state index is -5.84. The minimum Gasteiger partial charge on any atom is -0.369 e. The quantitative estimate of drug-likeness (QED) is 0.774. The van der Waals surface area contributed by atoms with Crippen molar-refractivity contribution >= 4 is 0 Å². The van der Waals surface area contributed by atoms with Crippen LogP contribution in [0.5, 0.6) is 0 Å². The van der Waals surface area contributed by atoms with E-state index in [0.717, 1.165) is 19.1 Å². The van der Waals surface area contributed by atoms with Crippen molar-refractivity contribution in [2.24, 2.45) is 0 Å². The molecule has 0 saturated heterocycles. The number of rotatable bonds is 1. The normalized spacial score (nSPS) is 13.8. The summed E-state index contributed by atoms with van der Waals surface area (Å²) in [7, 11) is 0. The number of aliphatic hydroxyl groups is 1. The first-order valence-electron chi connectivity index (χ1n) is 4.85. The maximum absolute atomic E-state index is 12.6. The van der Waals surface area contributed by atoms with Crippen LogP contribution in [0, 0.1) is 13.8 Å². The molecule has 0 amide bonds. The van der Waals surface area contributed by atoms with E-state index in [-0.39, 0.29) is 5.56 Å². The highest BCUT2D eigenvalue weighted by molar-refractivity contribution is 5.37. The van der Waals surface area contributed by atoms with E-state index < -0.39 is 23.5 Å². The van der Waals surface area contributed by atoms with Crippen LogP contribution in [-0.4, -0.2) is 17.5 Å². The van der Waals surface area contributed by atoms with Crippen LogP contribution in [0.2, 0.25) is 0 Å². The maximum Gasteiger partial charge on any atom is 0.430 e. The zero-order chi connectivity index (χ0) is 14.4. The van der Waals surface area contributed by atoms with Gasteiger partial charge in [0.2, 0.25) is 0 Å². The summed E-state index contributed by atoms with van der Waals surface area (Å²) in [5, 5.41) is 9.18. The largest absolute Gasteiger partial charge is 0.430 e. The van der Waals surface area contributed by atoms with E-state index >= 15 is 0 Å². The molecule has 0 fully saturated rings. The van der Waals surface area contributed by atoms with Crippen molar-refractivity contribution in [1.29, 1.82) is 0 Å². The monoisotopic (exact) mass is 272 g/mol. The maximum atomic E-state index is 12.6. The molecule has 7 heteroatoms. The SMILES string of the molecule is Cc1ccc(C(O)(C(F)(F)F)C(F)(F)F)c(C)c1. The van der Waals surface area contributed by atoms with Crippen LogP contribution in [0.3, 0.4) is 0 Å². The summed E-state index contributed by atoms with van der Waals surface area (Å²) in [5.41, 5.74) is -5.82. The van der Waals surface area contributed by atoms with Crippen LogP contribution in [0.25, 0.3) is 0 Å². The molecule has 0 heterocycles. The van der Waals surface area contributed by atoms with Crippen LogP contribution in [0.1, 0.15) is 16.7 Å². The van der Waals surface area contributed by atoms with Gasteiger partial charge in [0.25, 0.3) is 5.60 Å². The standard InChI is InChI=1S/C11H10F6O/c1-6-3-4-8(7(2)5-6)9(18,10(12,13)14)11(15,16)17/h3-5,18H,1-2H3. The third-order valence-electron chi connectivity index (χ3n) is 2.59. The molecule has 1 aromatic carbocycles. The van der Waals surface area contributed by atoms with E-state index in [1.165, 1.54) is 6.92 Å². The predicted octanol–water partition coefficient (Wildman–Crippen LogP) is 3.62. The van der Waals surface area contributed by atoms with Gasteiger partial charge in [-0.05, 0) is 19.4 Å². The molecule has 0 bridgehead atoms. The van der Waals surface area contributed by atoms with Gasteiger partial charge < -0.3 is 5.11 Å². The Morgan fingerprint density at radius 3 is 1.67 bits per heavy atom. The first kappa shape index (κ1) is 14.8. The molecule has 102 valence electrons. The van der Waals surface area contributed by atoms with E-state index in [9.17, 15) is 31.4 Å². The lowest BCUT2D eigenvalue weighted by atomic mass is 9.88. The van der Waals surface area contributed by atoms with Crippen LogP contribution >= 0.6 is 0 Å². The molecule has 0 atom stereocenters. The topological polar surface area (TPSA) is 20.2 Å². The summed E-state index contributed by atoms with van der Waals surface area (Å²) >= 11 is 0. The lowest BCUT2D eigenvalue weighted by molar-refractivity contribution is -0.376. The van der Waals surface area contributed by atoms with E-state index in [1.54, 1.807) is 0 Å². The highest BCUT2D eigenvalue weighted by Gasteiger charge is 2.71. The number of halogens is 6. The van der Waals surface area contributed by atoms with E-state index in [0.29, 0.717) is 11.6 Å². The molecule has 0 aromatic heterocycles. The zero-order valence-electron chi connectivity index (χ0n) is 9.45. The minimum absolute atomic E-state index is 0.271. The molecule has 18 heavy (non-hydrogen) atoms. The Morgan fingerprint density at radius 2 is 1.33 bits per heavy atom. The third-order valence-corrected chi connectivity index (χ3v) is 2.59. The Labute approximate surface area is 99.0 Å². The van der Waals surface area contributed by atoms with Gasteiger partial charge in [0.1, 0.15) is 0 Å². The number of alkyl halides is 6. The zero-order valence-corrected chi connectivity index (χ0v) is 9.45. The average molecular weight is 272 g/mol. The lowest BCUT2D eigenvalue weighted by Crippen LogP contribution is -2.54. The summed E-state index contributed by atoms with van der Waals surface area (Å²) in [6, 6.07) is 2.88. The first-order chi connectivity index (χ1) is 7.91. The van der Waals surface area contributed by atoms with Crippen molar-refractivity contribution in [1.82, 2.24) is 0 Å². The summed E-state index contributed by atoms with van der Waals surface area (Å²) in [6.07, 6.45) is -11.7. The van der Waals surface area contributed by atoms with Gasteiger partial charge in [-0.15, -0.1) is 0 Å². The molecule has 0 aliphatic rings. The molecule has 0 radical (unpaired) electrons. The molecule has 0 aliphatic carbocycles. The smallest absolute Gasteiger partial charge is 0.369 e. The first-order valence-corrected chi connectivity index (χ1v) is 4.85. The summed E-state index contributed by atoms with van der Waals surface area (Å²) in [6.45, 7) is 2.61. The second kappa shape index (κ2) is 4.15. The van der Waals surface area contributed by atoms with Crippen molar-refractivity contribution in [3.63, 3.8) is 0 Å². The Balaban J connectivity index is 3.56. The Kier molecular flexibility index (Phi) is 3.42. The van der Waals surface area contributed by atoms with Crippen molar-refractivity contribution in [2.45, 2.75) is 31.8 Å². The molecule has 1 N–H and O–H groups in total. The van der Waals surface area contributed by atoms with Crippen LogP contribution < -0.4 is 0 Å². The number of hydrogen-bond acceptors (Lipinski definition) is 1. The van der Waals surface area contributed by atoms with Gasteiger partial charge in [-0.1, -0.05) is 23.8 Å². The summed E-state index contributed by atoms with van der Waals surface area (Å²) in [4.78, 5) is 0. The number of benzene rings is 1. The van der Waals surface area contributed by atoms with Gasteiger partial charge in [-0.2, -0.15) is 26.3 Å². The molecule has 0 aliphatic heterocycles. The molecule has 0 saturated carbocycles. The van der Waals surface area contributed by atoms with E-state index in [4.69, 9.17) is 0 Å². The third kappa shape index (κ3) is 2.19. The molecule has 1 rings (SSSR count). The molecule has 1 aromatic rings. The molecule has 0 unspecified atom stereocenters. The fourth-order valence-electron chi connectivity index (χ4n) is 1.69. The van der Waals surface area contributed by atoms with Gasteiger partial charge in [0.15, 0.2) is 0 Å². The molecule has 1 nitrogen and oxygen atoms in total. The summed E-state index contributed by atoms with van der Waals surface area (Å²) < 4.78 is 75.6. The van der Waals surface area contributed by atoms with Gasteiger partial charge >= 0.3 is 12.4 Å². The van der Waals surface area contributed by atoms with Crippen molar-refractivity contribution in [2.75, 3.05) is 0 Å². The number of aryl methyl sites for hydroxylation is 2. The highest BCUT2D eigenvalue weighted by Crippen LogP contribution is 2.50. The fraction of sp³-hybridized carbons (Fsp3) is 0.455. The Morgan fingerprint density at radius 1 is 0.889 bits per heavy atom. The van der Waals surface area contributed by atoms with Crippen LogP contribution in [0.15, 0.2) is 18.2 Å². The second-order valence-electron chi connectivity index (χ2n) is 4.02. The van der Waals surface area contributed by atoms with Gasteiger partial charge in [0.05, 0.1) is 0 Å². The fourth-order valence-corrected chi connectivity index (χ4v) is 1.69. The average Bonchev–Trinajstić information content (AvgIpc) is 2.12. The highest BCUT2D eigenvalue weighted by atomic mass is 19.4. The molecule has 0 spiro atoms. The van der Waals surface area contributed by atoms with Crippen LogP contribution in [-0.2, 0) is 5.60 Å². The van der Waals surface area contributed by atoms with Crippen LogP contribution in [0.4, 0.5) is 26.3 Å². The van der Waals surface area contributed by atoms with Crippen molar-refractivity contribution < 1.29 is 31.4 Å². The number of hydrogen-bond donors (Lipinski definition) is 1. The lowest BCUT2D eigenvalue weighted by Gasteiger charge is -2.33. The molecular weight excluding hydrogens is 262 g/mol. The van der Waals surface area contributed by atoms with Gasteiger partial charge in [-0.3, -0.25) is 0 Å². The van der Waals surface area contributed by atoms with Crippen molar-refractivity contribution in [3.05, 3.63) is 34.9 Å². The van der Waals surface area contributed by atoms with E-state index in [2.05, 4.69) is 0 Å². The van der Waals surface area contributed by atoms with Crippen molar-refractivity contribution in [3.8, 4) is 0 Å². The second-order valence-corrected chi connectivity index (χ2v) is 4.02. The van der Waals surface area contributed by atoms with E-state index in [1.807, 2.05) is 0 Å².